The Hall–Kier alpha value is -2.30. The number of benzene rings is 1. The van der Waals surface area contributed by atoms with Crippen LogP contribution in [0.25, 0.3) is 11.3 Å². The van der Waals surface area contributed by atoms with Crippen LogP contribution in [-0.2, 0) is 14.3 Å². The number of hydrogen-bond acceptors (Lipinski definition) is 6. The van der Waals surface area contributed by atoms with E-state index in [1.807, 2.05) is 0 Å². The molecule has 0 spiro atoms. The Morgan fingerprint density at radius 2 is 2.28 bits per heavy atom. The highest BCUT2D eigenvalue weighted by atomic mass is 79.9. The van der Waals surface area contributed by atoms with Crippen molar-refractivity contribution < 1.29 is 23.5 Å². The summed E-state index contributed by atoms with van der Waals surface area (Å²) in [4.78, 5) is 33.4. The number of piperidine rings is 1. The van der Waals surface area contributed by atoms with Gasteiger partial charge < -0.3 is 24.6 Å². The smallest absolute Gasteiger partial charge is 0.409 e. The normalized spacial score (nSPS) is 24.3. The molecular formula is C22H26BrFN4O4. The summed E-state index contributed by atoms with van der Waals surface area (Å²) in [5, 5.41) is 2.53. The van der Waals surface area contributed by atoms with Crippen LogP contribution in [0.1, 0.15) is 38.1 Å². The van der Waals surface area contributed by atoms with Gasteiger partial charge in [0, 0.05) is 23.2 Å². The average Bonchev–Trinajstić information content (AvgIpc) is 3.51. The summed E-state index contributed by atoms with van der Waals surface area (Å²) in [6.45, 7) is 1.77. The third-order valence-corrected chi connectivity index (χ3v) is 6.96. The molecule has 1 saturated carbocycles. The number of fused-ring (bicyclic) bond motifs is 2. The van der Waals surface area contributed by atoms with E-state index in [1.165, 1.54) is 13.2 Å². The highest BCUT2D eigenvalue weighted by Gasteiger charge is 2.48. The minimum absolute atomic E-state index is 0.0476. The summed E-state index contributed by atoms with van der Waals surface area (Å²) in [5.41, 5.74) is 1.05. The zero-order chi connectivity index (χ0) is 22.8. The Kier molecular flexibility index (Phi) is 6.92. The topological polar surface area (TPSA) is 96.5 Å². The SMILES string of the molecule is COC(C)[C@@H](C=O)NC(=O)OCN1[C@@H]2CC[C@@H](C2)[C@@H]1c1ncc(-c2ccc(Br)cc2F)[nH]1. The van der Waals surface area contributed by atoms with E-state index in [1.54, 1.807) is 25.3 Å². The van der Waals surface area contributed by atoms with Crippen molar-refractivity contribution in [3.63, 3.8) is 0 Å². The summed E-state index contributed by atoms with van der Waals surface area (Å²) in [6.07, 6.45) is 4.22. The zero-order valence-corrected chi connectivity index (χ0v) is 19.5. The standard InChI is InChI=1S/C22H26BrFN4O4/c1-12(31-2)19(10-29)27-22(30)32-11-28-15-5-3-13(7-15)20(28)21-25-9-18(26-21)16-6-4-14(23)8-17(16)24/h4,6,8-10,12-13,15,19-20H,3,5,7,11H2,1-2H3,(H,25,26)(H,27,30)/t12?,13-,15+,19+,20+/m0/s1. The van der Waals surface area contributed by atoms with E-state index in [0.29, 0.717) is 27.9 Å². The number of imidazole rings is 1. The molecule has 4 rings (SSSR count). The Morgan fingerprint density at radius 3 is 3.00 bits per heavy atom. The number of carbonyl (C=O) groups is 2. The third kappa shape index (κ3) is 4.57. The number of aldehydes is 1. The summed E-state index contributed by atoms with van der Waals surface area (Å²) in [7, 11) is 1.47. The molecule has 1 unspecified atom stereocenters. The zero-order valence-electron chi connectivity index (χ0n) is 17.9. The first kappa shape index (κ1) is 22.9. The number of aromatic nitrogens is 2. The van der Waals surface area contributed by atoms with Gasteiger partial charge in [-0.05, 0) is 50.3 Å². The molecule has 172 valence electrons. The lowest BCUT2D eigenvalue weighted by atomic mass is 9.98. The second kappa shape index (κ2) is 9.68. The van der Waals surface area contributed by atoms with Crippen molar-refractivity contribution in [2.45, 2.75) is 50.4 Å². The van der Waals surface area contributed by atoms with Crippen LogP contribution in [0.4, 0.5) is 9.18 Å². The van der Waals surface area contributed by atoms with Crippen LogP contribution in [0.5, 0.6) is 0 Å². The number of likely N-dealkylation sites (tertiary alicyclic amines) is 1. The van der Waals surface area contributed by atoms with Gasteiger partial charge in [-0.15, -0.1) is 0 Å². The summed E-state index contributed by atoms with van der Waals surface area (Å²) >= 11 is 3.27. The molecule has 32 heavy (non-hydrogen) atoms. The molecule has 1 amide bonds. The maximum absolute atomic E-state index is 14.4. The van der Waals surface area contributed by atoms with E-state index in [9.17, 15) is 14.0 Å². The monoisotopic (exact) mass is 508 g/mol. The first-order valence-electron chi connectivity index (χ1n) is 10.6. The Balaban J connectivity index is 1.45. The van der Waals surface area contributed by atoms with Crippen LogP contribution in [0.2, 0.25) is 0 Å². The molecule has 1 aromatic carbocycles. The Morgan fingerprint density at radius 1 is 1.47 bits per heavy atom. The number of rotatable bonds is 8. The van der Waals surface area contributed by atoms with Crippen LogP contribution in [0.15, 0.2) is 28.9 Å². The average molecular weight is 509 g/mol. The van der Waals surface area contributed by atoms with Crippen LogP contribution in [0.3, 0.4) is 0 Å². The number of ether oxygens (including phenoxy) is 2. The number of H-pyrrole nitrogens is 1. The van der Waals surface area contributed by atoms with Gasteiger partial charge in [0.25, 0.3) is 0 Å². The lowest BCUT2D eigenvalue weighted by Crippen LogP contribution is -2.46. The maximum Gasteiger partial charge on any atom is 0.409 e. The van der Waals surface area contributed by atoms with E-state index in [0.717, 1.165) is 25.1 Å². The second-order valence-corrected chi connectivity index (χ2v) is 9.22. The van der Waals surface area contributed by atoms with Crippen molar-refractivity contribution >= 4 is 28.3 Å². The van der Waals surface area contributed by atoms with Crippen LogP contribution < -0.4 is 5.32 Å². The summed E-state index contributed by atoms with van der Waals surface area (Å²) in [6, 6.07) is 4.36. The van der Waals surface area contributed by atoms with Crippen molar-refractivity contribution in [2.24, 2.45) is 5.92 Å². The lowest BCUT2D eigenvalue weighted by Gasteiger charge is -2.33. The van der Waals surface area contributed by atoms with Crippen molar-refractivity contribution in [3.8, 4) is 11.3 Å². The number of alkyl carbamates (subject to hydrolysis) is 1. The minimum atomic E-state index is -0.785. The molecule has 5 atom stereocenters. The van der Waals surface area contributed by atoms with E-state index in [2.05, 4.69) is 36.1 Å². The van der Waals surface area contributed by atoms with E-state index < -0.39 is 18.2 Å². The van der Waals surface area contributed by atoms with Gasteiger partial charge in [0.15, 0.2) is 0 Å². The highest BCUT2D eigenvalue weighted by molar-refractivity contribution is 9.10. The van der Waals surface area contributed by atoms with Gasteiger partial charge in [-0.25, -0.2) is 14.2 Å². The molecule has 8 nitrogen and oxygen atoms in total. The molecular weight excluding hydrogens is 483 g/mol. The Bertz CT molecular complexity index is 987. The van der Waals surface area contributed by atoms with Crippen LogP contribution in [0, 0.1) is 11.7 Å². The molecule has 2 fully saturated rings. The molecule has 0 radical (unpaired) electrons. The molecule has 2 N–H and O–H groups in total. The van der Waals surface area contributed by atoms with Crippen molar-refractivity contribution in [3.05, 3.63) is 40.5 Å². The first-order valence-corrected chi connectivity index (χ1v) is 11.4. The largest absolute Gasteiger partial charge is 0.433 e. The van der Waals surface area contributed by atoms with Crippen molar-refractivity contribution in [2.75, 3.05) is 13.8 Å². The van der Waals surface area contributed by atoms with Gasteiger partial charge in [0.1, 0.15) is 30.7 Å². The van der Waals surface area contributed by atoms with Crippen LogP contribution >= 0.6 is 15.9 Å². The molecule has 1 aliphatic heterocycles. The number of hydrogen-bond donors (Lipinski definition) is 2. The summed E-state index contributed by atoms with van der Waals surface area (Å²) in [5.74, 6) is 0.781. The number of aromatic amines is 1. The number of methoxy groups -OCH3 is 1. The molecule has 2 heterocycles. The van der Waals surface area contributed by atoms with Gasteiger partial charge in [-0.2, -0.15) is 0 Å². The van der Waals surface area contributed by atoms with Gasteiger partial charge in [0.2, 0.25) is 0 Å². The van der Waals surface area contributed by atoms with Crippen LogP contribution in [-0.4, -0.2) is 59.3 Å². The first-order chi connectivity index (χ1) is 15.4. The molecule has 2 aromatic rings. The maximum atomic E-state index is 14.4. The predicted molar refractivity (Wildman–Crippen MR) is 118 cm³/mol. The molecule has 1 saturated heterocycles. The quantitative estimate of drug-likeness (QED) is 0.526. The fraction of sp³-hybridized carbons (Fsp3) is 0.500. The minimum Gasteiger partial charge on any atom is -0.433 e. The number of carbonyl (C=O) groups excluding carboxylic acids is 2. The van der Waals surface area contributed by atoms with Gasteiger partial charge >= 0.3 is 6.09 Å². The number of halogens is 2. The molecule has 1 aromatic heterocycles. The number of nitrogens with one attached hydrogen (secondary N) is 2. The van der Waals surface area contributed by atoms with E-state index >= 15 is 0 Å². The fourth-order valence-electron chi connectivity index (χ4n) is 4.69. The molecule has 10 heteroatoms. The number of nitrogens with zero attached hydrogens (tertiary/aromatic N) is 2. The highest BCUT2D eigenvalue weighted by Crippen LogP contribution is 2.49. The van der Waals surface area contributed by atoms with Crippen molar-refractivity contribution in [1.82, 2.24) is 20.2 Å². The Labute approximate surface area is 194 Å². The second-order valence-electron chi connectivity index (χ2n) is 8.30. The number of amides is 1. The molecule has 2 aliphatic rings. The molecule has 1 aliphatic carbocycles. The van der Waals surface area contributed by atoms with Gasteiger partial charge in [-0.1, -0.05) is 15.9 Å². The summed E-state index contributed by atoms with van der Waals surface area (Å²) < 4.78 is 25.6. The third-order valence-electron chi connectivity index (χ3n) is 6.47. The fourth-order valence-corrected chi connectivity index (χ4v) is 5.03. The van der Waals surface area contributed by atoms with E-state index in [-0.39, 0.29) is 24.6 Å². The van der Waals surface area contributed by atoms with E-state index in [4.69, 9.17) is 9.47 Å². The van der Waals surface area contributed by atoms with Gasteiger partial charge in [0.05, 0.1) is 24.0 Å². The lowest BCUT2D eigenvalue weighted by molar-refractivity contribution is -0.112. The van der Waals surface area contributed by atoms with Gasteiger partial charge in [-0.3, -0.25) is 4.90 Å². The van der Waals surface area contributed by atoms with Crippen molar-refractivity contribution in [1.29, 1.82) is 0 Å². The predicted octanol–water partition coefficient (Wildman–Crippen LogP) is 3.79. The molecule has 2 bridgehead atoms.